The molecule has 2 rings (SSSR count). The van der Waals surface area contributed by atoms with Crippen molar-refractivity contribution < 1.29 is 9.90 Å². The van der Waals surface area contributed by atoms with Crippen LogP contribution < -0.4 is 5.32 Å². The minimum absolute atomic E-state index is 0.0303. The van der Waals surface area contributed by atoms with Gasteiger partial charge in [0, 0.05) is 5.69 Å². The van der Waals surface area contributed by atoms with Crippen LogP contribution in [0.1, 0.15) is 21.7 Å². The summed E-state index contributed by atoms with van der Waals surface area (Å²) >= 11 is 5.78. The molecular weight excluding hydrogens is 266 g/mol. The zero-order chi connectivity index (χ0) is 14.0. The number of carbonyl (C=O) groups excluding carboxylic acids is 1. The van der Waals surface area contributed by atoms with E-state index in [4.69, 9.17) is 11.6 Å². The van der Waals surface area contributed by atoms with Crippen molar-refractivity contribution in [3.05, 3.63) is 46.2 Å². The van der Waals surface area contributed by atoms with Crippen LogP contribution in [0.15, 0.2) is 24.3 Å². The van der Waals surface area contributed by atoms with Gasteiger partial charge in [-0.15, -0.1) is 0 Å². The van der Waals surface area contributed by atoms with Crippen molar-refractivity contribution in [1.82, 2.24) is 10.2 Å². The quantitative estimate of drug-likeness (QED) is 0.828. The van der Waals surface area contributed by atoms with Crippen LogP contribution in [0.5, 0.6) is 5.75 Å². The van der Waals surface area contributed by atoms with Crippen molar-refractivity contribution in [3.8, 4) is 5.75 Å². The van der Waals surface area contributed by atoms with Gasteiger partial charge in [-0.2, -0.15) is 10.2 Å². The van der Waals surface area contributed by atoms with Crippen LogP contribution in [0.4, 0.5) is 5.69 Å². The molecule has 2 aromatic rings. The van der Waals surface area contributed by atoms with Crippen LogP contribution in [0, 0.1) is 13.8 Å². The van der Waals surface area contributed by atoms with E-state index in [0.29, 0.717) is 22.6 Å². The molecule has 1 heterocycles. The summed E-state index contributed by atoms with van der Waals surface area (Å²) in [7, 11) is 0. The molecule has 0 unspecified atom stereocenters. The molecule has 0 radical (unpaired) electrons. The lowest BCUT2D eigenvalue weighted by atomic mass is 10.2. The molecule has 0 bridgehead atoms. The van der Waals surface area contributed by atoms with Gasteiger partial charge in [-0.3, -0.25) is 4.79 Å². The largest absolute Gasteiger partial charge is 0.506 e. The molecule has 0 aliphatic carbocycles. The fourth-order valence-electron chi connectivity index (χ4n) is 1.56. The number of aryl methyl sites for hydroxylation is 2. The number of nitrogens with zero attached hydrogens (tertiary/aromatic N) is 2. The second-order valence-electron chi connectivity index (χ2n) is 4.11. The van der Waals surface area contributed by atoms with Crippen LogP contribution in [0.25, 0.3) is 0 Å². The van der Waals surface area contributed by atoms with E-state index in [0.717, 1.165) is 0 Å². The summed E-state index contributed by atoms with van der Waals surface area (Å²) in [6, 6.07) is 6.13. The maximum absolute atomic E-state index is 12.1. The van der Waals surface area contributed by atoms with Gasteiger partial charge in [0.2, 0.25) is 0 Å². The molecule has 98 valence electrons. The molecule has 6 heteroatoms. The van der Waals surface area contributed by atoms with Crippen molar-refractivity contribution in [1.29, 1.82) is 0 Å². The zero-order valence-electron chi connectivity index (χ0n) is 10.4. The third-order valence-corrected chi connectivity index (χ3v) is 2.85. The lowest BCUT2D eigenvalue weighted by Crippen LogP contribution is -2.15. The van der Waals surface area contributed by atoms with E-state index in [1.807, 2.05) is 0 Å². The molecule has 0 aliphatic rings. The molecule has 19 heavy (non-hydrogen) atoms. The molecule has 0 atom stereocenters. The summed E-state index contributed by atoms with van der Waals surface area (Å²) in [6.07, 6.45) is 0. The van der Waals surface area contributed by atoms with Crippen molar-refractivity contribution in [3.63, 3.8) is 0 Å². The lowest BCUT2D eigenvalue weighted by molar-refractivity contribution is 0.102. The van der Waals surface area contributed by atoms with Gasteiger partial charge < -0.3 is 10.4 Å². The van der Waals surface area contributed by atoms with E-state index in [-0.39, 0.29) is 16.7 Å². The average Bonchev–Trinajstić information content (AvgIpc) is 2.36. The summed E-state index contributed by atoms with van der Waals surface area (Å²) in [4.78, 5) is 12.1. The number of nitrogens with one attached hydrogen (secondary N) is 1. The van der Waals surface area contributed by atoms with E-state index in [1.165, 1.54) is 12.1 Å². The Morgan fingerprint density at radius 1 is 1.26 bits per heavy atom. The first kappa shape index (κ1) is 13.3. The maximum atomic E-state index is 12.1. The Bertz CT molecular complexity index is 644. The molecule has 0 saturated heterocycles. The topological polar surface area (TPSA) is 75.1 Å². The summed E-state index contributed by atoms with van der Waals surface area (Å²) in [5, 5.41) is 20.0. The number of phenolic OH excluding ortho intramolecular Hbond substituents is 1. The van der Waals surface area contributed by atoms with Gasteiger partial charge in [-0.1, -0.05) is 11.6 Å². The highest BCUT2D eigenvalue weighted by Gasteiger charge is 2.12. The predicted molar refractivity (Wildman–Crippen MR) is 72.6 cm³/mol. The number of phenols is 1. The number of benzene rings is 1. The van der Waals surface area contributed by atoms with E-state index in [1.54, 1.807) is 26.0 Å². The molecule has 2 N–H and O–H groups in total. The molecule has 0 spiro atoms. The number of aromatic hydroxyl groups is 1. The summed E-state index contributed by atoms with van der Waals surface area (Å²) < 4.78 is 0. The highest BCUT2D eigenvalue weighted by Crippen LogP contribution is 2.26. The Morgan fingerprint density at radius 2 is 2.00 bits per heavy atom. The molecule has 1 aromatic heterocycles. The standard InChI is InChI=1S/C13H12ClN3O2/c1-7-5-10(8(2)17-16-7)13(19)15-9-3-4-12(18)11(14)6-9/h3-6,18H,1-2H3,(H,15,19). The Hall–Kier alpha value is -2.14. The predicted octanol–water partition coefficient (Wildman–Crippen LogP) is 2.70. The molecule has 0 fully saturated rings. The molecular formula is C13H12ClN3O2. The first-order chi connectivity index (χ1) is 8.97. The van der Waals surface area contributed by atoms with E-state index < -0.39 is 0 Å². The molecule has 0 saturated carbocycles. The number of hydrogen-bond acceptors (Lipinski definition) is 4. The summed E-state index contributed by atoms with van der Waals surface area (Å²) in [6.45, 7) is 3.48. The SMILES string of the molecule is Cc1cc(C(=O)Nc2ccc(O)c(Cl)c2)c(C)nn1. The van der Waals surface area contributed by atoms with Gasteiger partial charge >= 0.3 is 0 Å². The van der Waals surface area contributed by atoms with E-state index in [9.17, 15) is 9.90 Å². The average molecular weight is 278 g/mol. The summed E-state index contributed by atoms with van der Waals surface area (Å²) in [5.41, 5.74) is 2.17. The van der Waals surface area contributed by atoms with Gasteiger partial charge in [-0.25, -0.2) is 0 Å². The van der Waals surface area contributed by atoms with Gasteiger partial charge in [0.1, 0.15) is 5.75 Å². The first-order valence-electron chi connectivity index (χ1n) is 5.58. The Balaban J connectivity index is 2.25. The number of amides is 1. The van der Waals surface area contributed by atoms with Crippen molar-refractivity contribution in [2.75, 3.05) is 5.32 Å². The third-order valence-electron chi connectivity index (χ3n) is 2.55. The third kappa shape index (κ3) is 3.00. The van der Waals surface area contributed by atoms with Gasteiger partial charge in [0.15, 0.2) is 0 Å². The van der Waals surface area contributed by atoms with Crippen LogP contribution in [-0.2, 0) is 0 Å². The van der Waals surface area contributed by atoms with Crippen molar-refractivity contribution in [2.45, 2.75) is 13.8 Å². The van der Waals surface area contributed by atoms with E-state index in [2.05, 4.69) is 15.5 Å². The highest BCUT2D eigenvalue weighted by atomic mass is 35.5. The normalized spacial score (nSPS) is 10.3. The van der Waals surface area contributed by atoms with E-state index >= 15 is 0 Å². The van der Waals surface area contributed by atoms with Crippen LogP contribution >= 0.6 is 11.6 Å². The Kier molecular flexibility index (Phi) is 3.66. The number of hydrogen-bond donors (Lipinski definition) is 2. The molecule has 1 aromatic carbocycles. The van der Waals surface area contributed by atoms with Crippen molar-refractivity contribution in [2.24, 2.45) is 0 Å². The fourth-order valence-corrected chi connectivity index (χ4v) is 1.74. The number of anilines is 1. The van der Waals surface area contributed by atoms with Gasteiger partial charge in [0.25, 0.3) is 5.91 Å². The van der Waals surface area contributed by atoms with Crippen molar-refractivity contribution >= 4 is 23.2 Å². The lowest BCUT2D eigenvalue weighted by Gasteiger charge is -2.08. The minimum atomic E-state index is -0.294. The molecule has 5 nitrogen and oxygen atoms in total. The van der Waals surface area contributed by atoms with Crippen LogP contribution in [0.2, 0.25) is 5.02 Å². The highest BCUT2D eigenvalue weighted by molar-refractivity contribution is 6.32. The second-order valence-corrected chi connectivity index (χ2v) is 4.51. The Labute approximate surface area is 115 Å². The maximum Gasteiger partial charge on any atom is 0.257 e. The fraction of sp³-hybridized carbons (Fsp3) is 0.154. The van der Waals surface area contributed by atoms with Crippen LogP contribution in [-0.4, -0.2) is 21.2 Å². The van der Waals surface area contributed by atoms with Crippen LogP contribution in [0.3, 0.4) is 0 Å². The Morgan fingerprint density at radius 3 is 2.68 bits per heavy atom. The van der Waals surface area contributed by atoms with Gasteiger partial charge in [0.05, 0.1) is 22.0 Å². The van der Waals surface area contributed by atoms with Gasteiger partial charge in [-0.05, 0) is 38.1 Å². The number of halogens is 1. The monoisotopic (exact) mass is 277 g/mol. The first-order valence-corrected chi connectivity index (χ1v) is 5.96. The molecule has 0 aliphatic heterocycles. The zero-order valence-corrected chi connectivity index (χ0v) is 11.2. The number of carbonyl (C=O) groups is 1. The number of rotatable bonds is 2. The second kappa shape index (κ2) is 5.24. The number of aromatic nitrogens is 2. The smallest absolute Gasteiger partial charge is 0.257 e. The minimum Gasteiger partial charge on any atom is -0.506 e. The molecule has 1 amide bonds. The summed E-state index contributed by atoms with van der Waals surface area (Å²) in [5.74, 6) is -0.325.